The normalized spacial score (nSPS) is 15.7. The molecule has 0 aliphatic carbocycles. The van der Waals surface area contributed by atoms with Gasteiger partial charge in [-0.25, -0.2) is 17.8 Å². The average Bonchev–Trinajstić information content (AvgIpc) is 3.62. The molecule has 1 aromatic heterocycles. The zero-order chi connectivity index (χ0) is 46.5. The lowest BCUT2D eigenvalue weighted by Crippen LogP contribution is -2.52. The first kappa shape index (κ1) is 45.1. The minimum atomic E-state index is -4.25. The number of pyridine rings is 1. The van der Waals surface area contributed by atoms with Gasteiger partial charge in [-0.05, 0) is 98.0 Å². The largest absolute Gasteiger partial charge is 0.383 e. The molecular formula is C47H46FN9O8S. The van der Waals surface area contributed by atoms with Crippen molar-refractivity contribution < 1.29 is 41.6 Å². The lowest BCUT2D eigenvalue weighted by molar-refractivity contribution is -0.137. The summed E-state index contributed by atoms with van der Waals surface area (Å²) in [6.45, 7) is 1.14. The van der Waals surface area contributed by atoms with Crippen molar-refractivity contribution >= 4 is 68.3 Å². The summed E-state index contributed by atoms with van der Waals surface area (Å²) in [6, 6.07) is 20.9. The highest BCUT2D eigenvalue weighted by molar-refractivity contribution is 7.92. The van der Waals surface area contributed by atoms with Crippen molar-refractivity contribution in [3.05, 3.63) is 119 Å². The number of imide groups is 1. The van der Waals surface area contributed by atoms with E-state index < -0.39 is 27.8 Å². The minimum Gasteiger partial charge on any atom is -0.383 e. The summed E-state index contributed by atoms with van der Waals surface area (Å²) >= 11 is 0. The van der Waals surface area contributed by atoms with Crippen LogP contribution in [0, 0.1) is 5.82 Å². The number of unbranched alkanes of at least 4 members (excludes halogenated alkanes) is 2. The van der Waals surface area contributed by atoms with Crippen LogP contribution in [0.25, 0.3) is 22.3 Å². The number of sulfonamides is 1. The molecule has 1 unspecified atom stereocenters. The topological polar surface area (TPSA) is 251 Å². The van der Waals surface area contributed by atoms with E-state index in [1.54, 1.807) is 48.5 Å². The minimum absolute atomic E-state index is 0.0210. The first-order valence-corrected chi connectivity index (χ1v) is 22.9. The van der Waals surface area contributed by atoms with Gasteiger partial charge in [0.05, 0.1) is 17.1 Å². The van der Waals surface area contributed by atoms with Crippen LogP contribution < -0.4 is 37.0 Å². The monoisotopic (exact) mass is 915 g/mol. The molecule has 6 amide bonds. The molecule has 4 aromatic carbocycles. The van der Waals surface area contributed by atoms with Crippen molar-refractivity contribution in [2.24, 2.45) is 0 Å². The highest BCUT2D eigenvalue weighted by Gasteiger charge is 2.40. The zero-order valence-electron chi connectivity index (χ0n) is 35.5. The lowest BCUT2D eigenvalue weighted by atomic mass is 9.94. The number of aromatic nitrogens is 1. The molecule has 1 fully saturated rings. The summed E-state index contributed by atoms with van der Waals surface area (Å²) in [5.41, 5.74) is 11.4. The van der Waals surface area contributed by atoms with Gasteiger partial charge in [0, 0.05) is 76.9 Å². The Bertz CT molecular complexity index is 2910. The first-order valence-electron chi connectivity index (χ1n) is 21.4. The van der Waals surface area contributed by atoms with Crippen LogP contribution in [0.5, 0.6) is 0 Å². The van der Waals surface area contributed by atoms with E-state index >= 15 is 4.39 Å². The molecule has 4 heterocycles. The Morgan fingerprint density at radius 2 is 1.62 bits per heavy atom. The van der Waals surface area contributed by atoms with Gasteiger partial charge >= 0.3 is 0 Å². The van der Waals surface area contributed by atoms with Gasteiger partial charge in [0.1, 0.15) is 17.7 Å². The number of benzene rings is 4. The van der Waals surface area contributed by atoms with Crippen molar-refractivity contribution in [1.29, 1.82) is 0 Å². The summed E-state index contributed by atoms with van der Waals surface area (Å²) < 4.78 is 44.8. The molecular weight excluding hydrogens is 870 g/mol. The smallest absolute Gasteiger partial charge is 0.261 e. The maximum absolute atomic E-state index is 15.6. The second-order valence-electron chi connectivity index (χ2n) is 16.2. The van der Waals surface area contributed by atoms with Crippen molar-refractivity contribution in [2.45, 2.75) is 62.4 Å². The number of nitrogen functional groups attached to an aromatic ring is 1. The van der Waals surface area contributed by atoms with Gasteiger partial charge in [-0.1, -0.05) is 36.8 Å². The number of carbonyl (C=O) groups excluding carboxylic acids is 6. The summed E-state index contributed by atoms with van der Waals surface area (Å²) in [5.74, 6) is -2.52. The van der Waals surface area contributed by atoms with Crippen LogP contribution in [0.3, 0.4) is 0 Å². The van der Waals surface area contributed by atoms with E-state index in [9.17, 15) is 37.2 Å². The van der Waals surface area contributed by atoms with Crippen LogP contribution in [-0.2, 0) is 42.2 Å². The fourth-order valence-corrected chi connectivity index (χ4v) is 9.32. The van der Waals surface area contributed by atoms with Gasteiger partial charge < -0.3 is 31.9 Å². The number of nitrogens with two attached hydrogens (primary N) is 1. The maximum atomic E-state index is 15.6. The van der Waals surface area contributed by atoms with Crippen LogP contribution in [-0.4, -0.2) is 79.4 Å². The number of halogens is 1. The number of fused-ring (bicyclic) bond motifs is 2. The molecule has 1 atom stereocenters. The number of nitrogens with zero attached hydrogens (tertiary/aromatic N) is 2. The molecule has 0 bridgehead atoms. The maximum Gasteiger partial charge on any atom is 0.261 e. The van der Waals surface area contributed by atoms with Crippen LogP contribution >= 0.6 is 0 Å². The molecule has 1 saturated heterocycles. The van der Waals surface area contributed by atoms with Gasteiger partial charge in [0.25, 0.3) is 21.8 Å². The third kappa shape index (κ3) is 10.1. The summed E-state index contributed by atoms with van der Waals surface area (Å²) in [7, 11) is -4.25. The standard InChI is InChI=1S/C47H46FN9O8S/c48-38-23-32(12-14-33(38)29-21-36(44(49)52-24-29)27-11-13-34-28(20-27)17-19-51-45(34)61)66(64,65)56-31-7-4-6-30(22-31)53-43(60)25-50-18-3-1-2-10-41(58)54-39-9-5-8-35-37(39)26-57(47(35)63)40-15-16-42(59)55-46(40)62/h4-9,11-14,20-24,40,50,56H,1-3,10,15-19,25-26H2,(H2,49,52)(H,51,61)(H,53,60)(H,54,58)(H,55,59,62). The number of rotatable bonds is 16. The van der Waals surface area contributed by atoms with Crippen LogP contribution in [0.1, 0.15) is 70.4 Å². The number of nitrogens with one attached hydrogen (secondary N) is 6. The molecule has 0 radical (unpaired) electrons. The third-order valence-corrected chi connectivity index (χ3v) is 13.0. The Kier molecular flexibility index (Phi) is 13.2. The fourth-order valence-electron chi connectivity index (χ4n) is 8.26. The molecule has 3 aliphatic rings. The first-order chi connectivity index (χ1) is 31.7. The zero-order valence-corrected chi connectivity index (χ0v) is 36.4. The molecule has 19 heteroatoms. The lowest BCUT2D eigenvalue weighted by Gasteiger charge is -2.29. The number of carbonyl (C=O) groups is 6. The predicted molar refractivity (Wildman–Crippen MR) is 244 cm³/mol. The van der Waals surface area contributed by atoms with Gasteiger partial charge in [-0.3, -0.25) is 38.8 Å². The molecule has 8 rings (SSSR count). The Morgan fingerprint density at radius 1 is 0.818 bits per heavy atom. The number of anilines is 4. The number of piperidine rings is 1. The molecule has 17 nitrogen and oxygen atoms in total. The van der Waals surface area contributed by atoms with Gasteiger partial charge in [-0.15, -0.1) is 0 Å². The highest BCUT2D eigenvalue weighted by atomic mass is 32.2. The van der Waals surface area contributed by atoms with Crippen LogP contribution in [0.2, 0.25) is 0 Å². The van der Waals surface area contributed by atoms with Crippen molar-refractivity contribution in [3.63, 3.8) is 0 Å². The average molecular weight is 916 g/mol. The molecule has 3 aliphatic heterocycles. The number of hydrogen-bond donors (Lipinski definition) is 7. The SMILES string of the molecule is Nc1ncc(-c2ccc(S(=O)(=O)Nc3cccc(NC(=O)CNCCCCCC(=O)Nc4cccc5c4CN(C4CCC(=O)NC4=O)C5=O)c3)cc2F)cc1-c1ccc2c(c1)CCNC2=O. The summed E-state index contributed by atoms with van der Waals surface area (Å²) in [6.07, 6.45) is 4.64. The van der Waals surface area contributed by atoms with E-state index in [1.807, 2.05) is 6.07 Å². The Morgan fingerprint density at radius 3 is 2.44 bits per heavy atom. The molecule has 5 aromatic rings. The summed E-state index contributed by atoms with van der Waals surface area (Å²) in [5, 5.41) is 13.8. The number of amides is 6. The van der Waals surface area contributed by atoms with Crippen molar-refractivity contribution in [1.82, 2.24) is 25.8 Å². The second-order valence-corrected chi connectivity index (χ2v) is 17.9. The Hall–Kier alpha value is -7.51. The van der Waals surface area contributed by atoms with E-state index in [0.717, 1.165) is 11.6 Å². The van der Waals surface area contributed by atoms with Crippen LogP contribution in [0.15, 0.2) is 96.0 Å². The van der Waals surface area contributed by atoms with E-state index in [2.05, 4.69) is 36.3 Å². The predicted octanol–water partition coefficient (Wildman–Crippen LogP) is 4.71. The van der Waals surface area contributed by atoms with Gasteiger partial charge in [0.15, 0.2) is 0 Å². The van der Waals surface area contributed by atoms with E-state index in [4.69, 9.17) is 5.73 Å². The van der Waals surface area contributed by atoms with Crippen LogP contribution in [0.4, 0.5) is 27.3 Å². The van der Waals surface area contributed by atoms with Crippen molar-refractivity contribution in [2.75, 3.05) is 40.7 Å². The van der Waals surface area contributed by atoms with Gasteiger partial charge in [-0.2, -0.15) is 0 Å². The number of hydrogen-bond acceptors (Lipinski definition) is 11. The molecule has 0 saturated carbocycles. The molecule has 0 spiro atoms. The Balaban J connectivity index is 0.774. The van der Waals surface area contributed by atoms with E-state index in [1.165, 1.54) is 35.4 Å². The Labute approximate surface area is 379 Å². The fraction of sp³-hybridized carbons (Fsp3) is 0.255. The van der Waals surface area contributed by atoms with E-state index in [-0.39, 0.29) is 83.9 Å². The van der Waals surface area contributed by atoms with Gasteiger partial charge in [0.2, 0.25) is 23.6 Å². The molecule has 8 N–H and O–H groups in total. The highest BCUT2D eigenvalue weighted by Crippen LogP contribution is 2.35. The molecule has 66 heavy (non-hydrogen) atoms. The third-order valence-electron chi connectivity index (χ3n) is 11.6. The quantitative estimate of drug-likeness (QED) is 0.0527. The summed E-state index contributed by atoms with van der Waals surface area (Å²) in [4.78, 5) is 80.2. The van der Waals surface area contributed by atoms with E-state index in [0.29, 0.717) is 83.5 Å². The second kappa shape index (κ2) is 19.3. The molecule has 340 valence electrons. The van der Waals surface area contributed by atoms with Crippen molar-refractivity contribution in [3.8, 4) is 22.3 Å².